The molecule has 3 aromatic heterocycles. The summed E-state index contributed by atoms with van der Waals surface area (Å²) in [4.78, 5) is 19.8. The Morgan fingerprint density at radius 3 is 2.18 bits per heavy atom. The minimum absolute atomic E-state index is 0.206. The Balaban J connectivity index is 1.42. The van der Waals surface area contributed by atoms with Crippen molar-refractivity contribution >= 4 is 28.3 Å². The second-order valence-electron chi connectivity index (χ2n) is 9.15. The standard InChI is InChI=1S/C32H26N4OS/c37-32(34-27(25-15-8-3-9-16-25)21-23-11-4-1-5-12-23)30-29-26(28-17-10-20-38-28)18-19-33-31(29)36(35-30)22-24-13-6-2-7-14-24/h1-20,27H,21-22H2,(H,34,37). The molecular formula is C32H26N4OS. The van der Waals surface area contributed by atoms with Crippen LogP contribution in [-0.4, -0.2) is 20.7 Å². The molecule has 0 aliphatic rings. The Labute approximate surface area is 225 Å². The molecule has 0 radical (unpaired) electrons. The van der Waals surface area contributed by atoms with E-state index in [2.05, 4.69) is 52.8 Å². The van der Waals surface area contributed by atoms with Crippen molar-refractivity contribution in [2.75, 3.05) is 0 Å². The van der Waals surface area contributed by atoms with E-state index in [0.717, 1.165) is 32.5 Å². The van der Waals surface area contributed by atoms with Crippen LogP contribution in [0.4, 0.5) is 0 Å². The van der Waals surface area contributed by atoms with E-state index >= 15 is 0 Å². The molecule has 0 bridgehead atoms. The fraction of sp³-hybridized carbons (Fsp3) is 0.0938. The van der Waals surface area contributed by atoms with Crippen molar-refractivity contribution < 1.29 is 4.79 Å². The van der Waals surface area contributed by atoms with E-state index in [4.69, 9.17) is 5.10 Å². The number of hydrogen-bond acceptors (Lipinski definition) is 4. The van der Waals surface area contributed by atoms with Gasteiger partial charge in [0.25, 0.3) is 5.91 Å². The topological polar surface area (TPSA) is 59.8 Å². The van der Waals surface area contributed by atoms with Crippen molar-refractivity contribution in [3.63, 3.8) is 0 Å². The fourth-order valence-electron chi connectivity index (χ4n) is 4.77. The zero-order valence-electron chi connectivity index (χ0n) is 20.7. The first kappa shape index (κ1) is 23.8. The summed E-state index contributed by atoms with van der Waals surface area (Å²) >= 11 is 1.64. The molecule has 6 heteroatoms. The smallest absolute Gasteiger partial charge is 0.273 e. The average Bonchev–Trinajstić information content (AvgIpc) is 3.63. The number of nitrogens with zero attached hydrogens (tertiary/aromatic N) is 3. The van der Waals surface area contributed by atoms with E-state index in [1.807, 2.05) is 76.8 Å². The molecule has 1 amide bonds. The SMILES string of the molecule is O=C(NC(Cc1ccccc1)c1ccccc1)c1nn(Cc2ccccc2)c2nccc(-c3cccs3)c12. The highest BCUT2D eigenvalue weighted by Gasteiger charge is 2.25. The average molecular weight is 515 g/mol. The zero-order valence-corrected chi connectivity index (χ0v) is 21.5. The maximum Gasteiger partial charge on any atom is 0.273 e. The van der Waals surface area contributed by atoms with Gasteiger partial charge in [0.05, 0.1) is 18.0 Å². The van der Waals surface area contributed by atoms with Gasteiger partial charge in [-0.15, -0.1) is 11.3 Å². The van der Waals surface area contributed by atoms with Gasteiger partial charge in [0, 0.05) is 16.6 Å². The van der Waals surface area contributed by atoms with Crippen molar-refractivity contribution in [1.29, 1.82) is 0 Å². The Kier molecular flexibility index (Phi) is 6.79. The van der Waals surface area contributed by atoms with Crippen LogP contribution in [0, 0.1) is 0 Å². The van der Waals surface area contributed by atoms with Crippen LogP contribution < -0.4 is 5.32 Å². The molecule has 0 fully saturated rings. The minimum atomic E-state index is -0.211. The van der Waals surface area contributed by atoms with Gasteiger partial charge in [-0.1, -0.05) is 97.1 Å². The Bertz CT molecular complexity index is 1650. The van der Waals surface area contributed by atoms with Gasteiger partial charge in [-0.3, -0.25) is 4.79 Å². The summed E-state index contributed by atoms with van der Waals surface area (Å²) < 4.78 is 1.84. The number of amides is 1. The molecule has 3 aromatic carbocycles. The Hall–Kier alpha value is -4.55. The second-order valence-corrected chi connectivity index (χ2v) is 10.1. The molecule has 0 saturated carbocycles. The van der Waals surface area contributed by atoms with E-state index in [-0.39, 0.29) is 11.9 Å². The summed E-state index contributed by atoms with van der Waals surface area (Å²) in [6, 6.07) is 36.3. The van der Waals surface area contributed by atoms with Gasteiger partial charge in [0.1, 0.15) is 0 Å². The van der Waals surface area contributed by atoms with Crippen LogP contribution in [0.1, 0.15) is 33.2 Å². The molecular weight excluding hydrogens is 488 g/mol. The largest absolute Gasteiger partial charge is 0.343 e. The van der Waals surface area contributed by atoms with E-state index in [1.165, 1.54) is 0 Å². The predicted octanol–water partition coefficient (Wildman–Crippen LogP) is 6.92. The van der Waals surface area contributed by atoms with Gasteiger partial charge < -0.3 is 5.32 Å². The molecule has 6 aromatic rings. The lowest BCUT2D eigenvalue weighted by Gasteiger charge is -2.19. The molecule has 0 aliphatic carbocycles. The number of carbonyl (C=O) groups excluding carboxylic acids is 1. The lowest BCUT2D eigenvalue weighted by Crippen LogP contribution is -2.30. The van der Waals surface area contributed by atoms with Gasteiger partial charge in [-0.2, -0.15) is 5.10 Å². The third-order valence-corrected chi connectivity index (χ3v) is 7.50. The number of nitrogens with one attached hydrogen (secondary N) is 1. The molecule has 3 heterocycles. The maximum atomic E-state index is 14.0. The summed E-state index contributed by atoms with van der Waals surface area (Å²) in [5.74, 6) is -0.211. The first-order chi connectivity index (χ1) is 18.8. The lowest BCUT2D eigenvalue weighted by atomic mass is 9.98. The van der Waals surface area contributed by atoms with Crippen LogP contribution in [0.3, 0.4) is 0 Å². The molecule has 6 rings (SSSR count). The van der Waals surface area contributed by atoms with Gasteiger partial charge in [-0.05, 0) is 40.6 Å². The molecule has 1 atom stereocenters. The van der Waals surface area contributed by atoms with Gasteiger partial charge in [-0.25, -0.2) is 9.67 Å². The monoisotopic (exact) mass is 514 g/mol. The van der Waals surface area contributed by atoms with E-state index in [0.29, 0.717) is 24.3 Å². The Morgan fingerprint density at radius 2 is 1.50 bits per heavy atom. The summed E-state index contributed by atoms with van der Waals surface area (Å²) in [5.41, 5.74) is 5.36. The van der Waals surface area contributed by atoms with Gasteiger partial charge >= 0.3 is 0 Å². The summed E-state index contributed by atoms with van der Waals surface area (Å²) in [6.45, 7) is 0.525. The molecule has 0 spiro atoms. The first-order valence-corrected chi connectivity index (χ1v) is 13.5. The summed E-state index contributed by atoms with van der Waals surface area (Å²) in [7, 11) is 0. The highest BCUT2D eigenvalue weighted by atomic mass is 32.1. The van der Waals surface area contributed by atoms with Gasteiger partial charge in [0.15, 0.2) is 11.3 Å². The quantitative estimate of drug-likeness (QED) is 0.240. The number of fused-ring (bicyclic) bond motifs is 1. The third kappa shape index (κ3) is 4.99. The molecule has 1 unspecified atom stereocenters. The van der Waals surface area contributed by atoms with Crippen molar-refractivity contribution in [1.82, 2.24) is 20.1 Å². The van der Waals surface area contributed by atoms with Crippen LogP contribution in [0.5, 0.6) is 0 Å². The fourth-order valence-corrected chi connectivity index (χ4v) is 5.53. The van der Waals surface area contributed by atoms with Crippen LogP contribution in [-0.2, 0) is 13.0 Å². The second kappa shape index (κ2) is 10.8. The molecule has 5 nitrogen and oxygen atoms in total. The molecule has 38 heavy (non-hydrogen) atoms. The van der Waals surface area contributed by atoms with Gasteiger partial charge in [0.2, 0.25) is 0 Å². The predicted molar refractivity (Wildman–Crippen MR) is 153 cm³/mol. The van der Waals surface area contributed by atoms with Crippen LogP contribution in [0.25, 0.3) is 21.5 Å². The zero-order chi connectivity index (χ0) is 25.7. The van der Waals surface area contributed by atoms with E-state index < -0.39 is 0 Å². The van der Waals surface area contributed by atoms with Crippen LogP contribution in [0.15, 0.2) is 121 Å². The van der Waals surface area contributed by atoms with Crippen molar-refractivity contribution in [2.45, 2.75) is 19.0 Å². The van der Waals surface area contributed by atoms with Crippen LogP contribution >= 0.6 is 11.3 Å². The number of benzene rings is 3. The number of thiophene rings is 1. The maximum absolute atomic E-state index is 14.0. The van der Waals surface area contributed by atoms with Crippen molar-refractivity contribution in [2.24, 2.45) is 0 Å². The number of aromatic nitrogens is 3. The minimum Gasteiger partial charge on any atom is -0.343 e. The summed E-state index contributed by atoms with van der Waals surface area (Å²) in [5, 5.41) is 11.0. The molecule has 186 valence electrons. The molecule has 0 aliphatic heterocycles. The Morgan fingerprint density at radius 1 is 0.816 bits per heavy atom. The van der Waals surface area contributed by atoms with Crippen molar-refractivity contribution in [3.05, 3.63) is 143 Å². The highest BCUT2D eigenvalue weighted by molar-refractivity contribution is 7.13. The summed E-state index contributed by atoms with van der Waals surface area (Å²) in [6.07, 6.45) is 2.47. The third-order valence-electron chi connectivity index (χ3n) is 6.60. The first-order valence-electron chi connectivity index (χ1n) is 12.6. The van der Waals surface area contributed by atoms with Crippen molar-refractivity contribution in [3.8, 4) is 10.4 Å². The number of rotatable bonds is 8. The van der Waals surface area contributed by atoms with E-state index in [1.54, 1.807) is 17.5 Å². The normalized spacial score (nSPS) is 11.9. The number of pyridine rings is 1. The molecule has 1 N–H and O–H groups in total. The lowest BCUT2D eigenvalue weighted by molar-refractivity contribution is 0.0932. The number of hydrogen-bond donors (Lipinski definition) is 1. The number of carbonyl (C=O) groups is 1. The highest BCUT2D eigenvalue weighted by Crippen LogP contribution is 2.33. The van der Waals surface area contributed by atoms with Crippen LogP contribution in [0.2, 0.25) is 0 Å². The van der Waals surface area contributed by atoms with E-state index in [9.17, 15) is 4.79 Å². The molecule has 0 saturated heterocycles.